The summed E-state index contributed by atoms with van der Waals surface area (Å²) in [6.07, 6.45) is 0. The summed E-state index contributed by atoms with van der Waals surface area (Å²) in [5, 5.41) is 2.77. The predicted molar refractivity (Wildman–Crippen MR) is 114 cm³/mol. The number of nitrogens with one attached hydrogen (secondary N) is 1. The summed E-state index contributed by atoms with van der Waals surface area (Å²) in [5.41, 5.74) is 2.23. The molecule has 6 nitrogen and oxygen atoms in total. The van der Waals surface area contributed by atoms with E-state index in [-0.39, 0.29) is 18.3 Å². The van der Waals surface area contributed by atoms with E-state index in [9.17, 15) is 9.59 Å². The minimum Gasteiger partial charge on any atom is -0.493 e. The highest BCUT2D eigenvalue weighted by Crippen LogP contribution is 2.28. The molecular weight excluding hydrogens is 382 g/mol. The van der Waals surface area contributed by atoms with E-state index >= 15 is 0 Å². The third kappa shape index (κ3) is 5.85. The molecule has 0 saturated heterocycles. The van der Waals surface area contributed by atoms with E-state index in [1.165, 1.54) is 14.0 Å². The van der Waals surface area contributed by atoms with Gasteiger partial charge in [0.25, 0.3) is 5.91 Å². The van der Waals surface area contributed by atoms with Crippen LogP contribution in [0.1, 0.15) is 22.8 Å². The number of carbonyl (C=O) groups excluding carboxylic acids is 2. The lowest BCUT2D eigenvalue weighted by Gasteiger charge is -2.12. The zero-order chi connectivity index (χ0) is 21.3. The Balaban J connectivity index is 1.51. The number of carbonyl (C=O) groups is 2. The predicted octanol–water partition coefficient (Wildman–Crippen LogP) is 4.49. The summed E-state index contributed by atoms with van der Waals surface area (Å²) in [4.78, 5) is 23.7. The molecule has 0 aliphatic rings. The first kappa shape index (κ1) is 20.9. The van der Waals surface area contributed by atoms with E-state index in [1.54, 1.807) is 42.5 Å². The summed E-state index contributed by atoms with van der Waals surface area (Å²) in [6, 6.07) is 21.8. The van der Waals surface area contributed by atoms with Crippen LogP contribution in [-0.4, -0.2) is 25.4 Å². The highest BCUT2D eigenvalue weighted by atomic mass is 16.5. The maximum absolute atomic E-state index is 12.2. The molecule has 0 bridgehead atoms. The van der Waals surface area contributed by atoms with E-state index in [2.05, 4.69) is 5.32 Å². The van der Waals surface area contributed by atoms with Gasteiger partial charge in [0.2, 0.25) is 0 Å². The van der Waals surface area contributed by atoms with Gasteiger partial charge in [0.05, 0.1) is 7.11 Å². The van der Waals surface area contributed by atoms with Crippen LogP contribution in [0.3, 0.4) is 0 Å². The average Bonchev–Trinajstić information content (AvgIpc) is 2.77. The number of hydrogen-bond acceptors (Lipinski definition) is 5. The molecule has 0 aliphatic heterocycles. The minimum atomic E-state index is -0.314. The molecule has 1 N–H and O–H groups in total. The summed E-state index contributed by atoms with van der Waals surface area (Å²) in [7, 11) is 1.48. The number of rotatable bonds is 9. The van der Waals surface area contributed by atoms with Crippen LogP contribution < -0.4 is 19.5 Å². The van der Waals surface area contributed by atoms with Gasteiger partial charge in [-0.25, -0.2) is 0 Å². The van der Waals surface area contributed by atoms with Crippen LogP contribution in [-0.2, 0) is 11.4 Å². The Labute approximate surface area is 175 Å². The third-order valence-electron chi connectivity index (χ3n) is 4.32. The summed E-state index contributed by atoms with van der Waals surface area (Å²) in [6.45, 7) is 1.76. The zero-order valence-corrected chi connectivity index (χ0v) is 16.9. The topological polar surface area (TPSA) is 73.9 Å². The van der Waals surface area contributed by atoms with Gasteiger partial charge in [-0.3, -0.25) is 9.59 Å². The first-order valence-electron chi connectivity index (χ1n) is 9.43. The van der Waals surface area contributed by atoms with E-state index in [4.69, 9.17) is 14.2 Å². The molecule has 0 unspecified atom stereocenters. The number of methoxy groups -OCH3 is 1. The zero-order valence-electron chi connectivity index (χ0n) is 16.9. The van der Waals surface area contributed by atoms with Gasteiger partial charge in [0.15, 0.2) is 23.9 Å². The van der Waals surface area contributed by atoms with Crippen molar-refractivity contribution in [2.45, 2.75) is 13.5 Å². The molecule has 0 heterocycles. The van der Waals surface area contributed by atoms with Crippen LogP contribution in [0.5, 0.6) is 17.2 Å². The van der Waals surface area contributed by atoms with E-state index in [0.717, 1.165) is 5.56 Å². The number of ketones is 1. The van der Waals surface area contributed by atoms with Crippen molar-refractivity contribution in [2.24, 2.45) is 0 Å². The third-order valence-corrected chi connectivity index (χ3v) is 4.32. The fourth-order valence-corrected chi connectivity index (χ4v) is 2.72. The average molecular weight is 405 g/mol. The first-order valence-corrected chi connectivity index (χ1v) is 9.43. The molecule has 3 aromatic carbocycles. The number of hydrogen-bond donors (Lipinski definition) is 1. The number of benzene rings is 3. The fraction of sp³-hybridized carbons (Fsp3) is 0.167. The van der Waals surface area contributed by atoms with Gasteiger partial charge >= 0.3 is 0 Å². The quantitative estimate of drug-likeness (QED) is 0.531. The van der Waals surface area contributed by atoms with Gasteiger partial charge in [-0.05, 0) is 55.0 Å². The van der Waals surface area contributed by atoms with Crippen molar-refractivity contribution >= 4 is 17.4 Å². The Morgan fingerprint density at radius 2 is 1.60 bits per heavy atom. The lowest BCUT2D eigenvalue weighted by atomic mass is 10.1. The molecule has 30 heavy (non-hydrogen) atoms. The monoisotopic (exact) mass is 405 g/mol. The maximum atomic E-state index is 12.2. The molecular formula is C24H23NO5. The second-order valence-corrected chi connectivity index (χ2v) is 6.56. The van der Waals surface area contributed by atoms with Crippen molar-refractivity contribution in [3.05, 3.63) is 83.9 Å². The van der Waals surface area contributed by atoms with Gasteiger partial charge in [-0.15, -0.1) is 0 Å². The maximum Gasteiger partial charge on any atom is 0.262 e. The van der Waals surface area contributed by atoms with E-state index < -0.39 is 0 Å². The molecule has 3 rings (SSSR count). The van der Waals surface area contributed by atoms with Crippen LogP contribution in [0, 0.1) is 0 Å². The molecule has 0 saturated carbocycles. The first-order chi connectivity index (χ1) is 14.5. The molecule has 0 spiro atoms. The highest BCUT2D eigenvalue weighted by Gasteiger charge is 2.11. The fourth-order valence-electron chi connectivity index (χ4n) is 2.72. The van der Waals surface area contributed by atoms with Crippen molar-refractivity contribution in [3.8, 4) is 17.2 Å². The summed E-state index contributed by atoms with van der Waals surface area (Å²) in [5.74, 6) is 1.11. The lowest BCUT2D eigenvalue weighted by Crippen LogP contribution is -2.20. The molecule has 0 fully saturated rings. The van der Waals surface area contributed by atoms with Crippen molar-refractivity contribution in [1.82, 2.24) is 0 Å². The Morgan fingerprint density at radius 1 is 0.867 bits per heavy atom. The Hall–Kier alpha value is -3.80. The molecule has 0 aliphatic carbocycles. The summed E-state index contributed by atoms with van der Waals surface area (Å²) >= 11 is 0. The SMILES string of the molecule is COc1cc(C(C)=O)ccc1OCC(=O)Nc1ccc(OCc2ccccc2)cc1. The second-order valence-electron chi connectivity index (χ2n) is 6.56. The van der Waals surface area contributed by atoms with Crippen LogP contribution in [0.15, 0.2) is 72.8 Å². The molecule has 154 valence electrons. The van der Waals surface area contributed by atoms with Gasteiger partial charge < -0.3 is 19.5 Å². The van der Waals surface area contributed by atoms with Gasteiger partial charge in [0.1, 0.15) is 12.4 Å². The van der Waals surface area contributed by atoms with E-state index in [1.807, 2.05) is 30.3 Å². The number of Topliss-reactive ketones (excluding diaryl/α,β-unsaturated/α-hetero) is 1. The van der Waals surface area contributed by atoms with Gasteiger partial charge in [-0.1, -0.05) is 30.3 Å². The standard InChI is InChI=1S/C24H23NO5/c1-17(26)19-8-13-22(23(14-19)28-2)30-16-24(27)25-20-9-11-21(12-10-20)29-15-18-6-4-3-5-7-18/h3-14H,15-16H2,1-2H3,(H,25,27). The van der Waals surface area contributed by atoms with Gasteiger partial charge in [0, 0.05) is 11.3 Å². The number of anilines is 1. The van der Waals surface area contributed by atoms with Crippen LogP contribution >= 0.6 is 0 Å². The smallest absolute Gasteiger partial charge is 0.262 e. The van der Waals surface area contributed by atoms with Crippen LogP contribution in [0.4, 0.5) is 5.69 Å². The van der Waals surface area contributed by atoms with Crippen molar-refractivity contribution in [1.29, 1.82) is 0 Å². The Kier molecular flexibility index (Phi) is 7.05. The molecule has 1 amide bonds. The highest BCUT2D eigenvalue weighted by molar-refractivity contribution is 5.95. The van der Waals surface area contributed by atoms with E-state index in [0.29, 0.717) is 35.1 Å². The normalized spacial score (nSPS) is 10.2. The molecule has 6 heteroatoms. The minimum absolute atomic E-state index is 0.0752. The van der Waals surface area contributed by atoms with Crippen molar-refractivity contribution < 1.29 is 23.8 Å². The largest absolute Gasteiger partial charge is 0.493 e. The molecule has 3 aromatic rings. The second kappa shape index (κ2) is 10.1. The molecule has 0 aromatic heterocycles. The molecule has 0 radical (unpaired) electrons. The molecule has 0 atom stereocenters. The Morgan fingerprint density at radius 3 is 2.27 bits per heavy atom. The lowest BCUT2D eigenvalue weighted by molar-refractivity contribution is -0.118. The number of ether oxygens (including phenoxy) is 3. The van der Waals surface area contributed by atoms with Gasteiger partial charge in [-0.2, -0.15) is 0 Å². The Bertz CT molecular complexity index is 1000. The van der Waals surface area contributed by atoms with Crippen molar-refractivity contribution in [2.75, 3.05) is 19.0 Å². The van der Waals surface area contributed by atoms with Crippen LogP contribution in [0.25, 0.3) is 0 Å². The van der Waals surface area contributed by atoms with Crippen LogP contribution in [0.2, 0.25) is 0 Å². The number of amides is 1. The summed E-state index contributed by atoms with van der Waals surface area (Å²) < 4.78 is 16.5. The van der Waals surface area contributed by atoms with Crippen molar-refractivity contribution in [3.63, 3.8) is 0 Å².